The van der Waals surface area contributed by atoms with Gasteiger partial charge < -0.3 is 17.7 Å². The molecule has 0 spiro atoms. The van der Waals surface area contributed by atoms with Crippen molar-refractivity contribution in [3.8, 4) is 0 Å². The number of oxazole rings is 4. The molecule has 0 saturated carbocycles. The Morgan fingerprint density at radius 2 is 0.473 bits per heavy atom. The molecule has 8 aromatic heterocycles. The van der Waals surface area contributed by atoms with Crippen LogP contribution >= 0.6 is 45.3 Å². The van der Waals surface area contributed by atoms with E-state index < -0.39 is 110 Å². The van der Waals surface area contributed by atoms with Crippen LogP contribution in [0.1, 0.15) is 77.0 Å². The van der Waals surface area contributed by atoms with Gasteiger partial charge in [-0.05, 0) is 85.7 Å². The second kappa shape index (κ2) is 25.8. The normalized spacial score (nSPS) is 11.3. The monoisotopic (exact) mass is 1330 g/mol. The predicted molar refractivity (Wildman–Crippen MR) is 327 cm³/mol. The molecular formula is C63H46F12N8O4S4. The second-order valence-electron chi connectivity index (χ2n) is 20.4. The van der Waals surface area contributed by atoms with Crippen molar-refractivity contribution in [2.45, 2.75) is 89.5 Å². The van der Waals surface area contributed by atoms with Crippen LogP contribution in [0, 0.1) is 153 Å². The van der Waals surface area contributed by atoms with Crippen molar-refractivity contribution in [3.05, 3.63) is 195 Å². The number of halogens is 12. The topological polar surface area (TPSA) is 156 Å². The summed E-state index contributed by atoms with van der Waals surface area (Å²) in [5, 5.41) is 4.48. The van der Waals surface area contributed by atoms with E-state index in [0.29, 0.717) is 23.6 Å². The van der Waals surface area contributed by atoms with E-state index in [-0.39, 0.29) is 0 Å². The van der Waals surface area contributed by atoms with Gasteiger partial charge in [-0.3, -0.25) is 0 Å². The van der Waals surface area contributed by atoms with E-state index in [2.05, 4.69) is 64.1 Å². The molecule has 12 nitrogen and oxygen atoms in total. The van der Waals surface area contributed by atoms with Crippen LogP contribution < -0.4 is 0 Å². The molecule has 0 saturated heterocycles. The van der Waals surface area contributed by atoms with E-state index in [0.717, 1.165) is 114 Å². The average molecular weight is 1340 g/mol. The maximum Gasteiger partial charge on any atom is 0.192 e. The number of nitrogens with zero attached hydrogens (tertiary/aromatic N) is 8. The highest BCUT2D eigenvalue weighted by molar-refractivity contribution is 7.21. The van der Waals surface area contributed by atoms with E-state index in [1.807, 2.05) is 79.7 Å². The standard InChI is InChI=1S/C15H8F8.2C10H8N2O2.2C10H8N2S2.C8H6F4/c1-4-8(16)12(20)6(13(21)9(4)17)3-7-14(22)10(18)5(2)11(19)15(7)23;1-5-11-7-3-10-8(4-9(7)13-5)12-6(2)14-10;1-5-11-7-3-8-10(4-9(7)13-5)14-6(2)12-8;1-5-11-7-3-10-8(4-9(7)13-5)12-6(2)14-10;1-5-11-7-3-8-10(4-9(7)13-5)14-6(2)12-8;1-3-5(9)7(11)4(2)8(12)6(3)10/h3H2,1-2H3;4*3-4H,1-2H3;1-2H3. The Kier molecular flexibility index (Phi) is 18.5. The fourth-order valence-electron chi connectivity index (χ4n) is 9.23. The number of aryl methyl sites for hydroxylation is 8. The molecule has 0 bridgehead atoms. The summed E-state index contributed by atoms with van der Waals surface area (Å²) in [6, 6.07) is 15.9. The van der Waals surface area contributed by atoms with Gasteiger partial charge in [0.05, 0.1) is 60.9 Å². The maximum atomic E-state index is 13.7. The third-order valence-corrected chi connectivity index (χ3v) is 17.4. The Morgan fingerprint density at radius 1 is 0.253 bits per heavy atom. The Bertz CT molecular complexity index is 4240. The lowest BCUT2D eigenvalue weighted by Crippen LogP contribution is -2.11. The molecule has 28 heteroatoms. The number of thiazole rings is 4. The Hall–Kier alpha value is -8.86. The predicted octanol–water partition coefficient (Wildman–Crippen LogP) is 20.1. The zero-order valence-electron chi connectivity index (χ0n) is 49.7. The molecular weight excluding hydrogens is 1290 g/mol. The highest BCUT2D eigenvalue weighted by atomic mass is 32.1. The Balaban J connectivity index is 0.000000121. The van der Waals surface area contributed by atoms with Crippen molar-refractivity contribution in [3.63, 3.8) is 0 Å². The number of fused-ring (bicyclic) bond motifs is 8. The van der Waals surface area contributed by atoms with Crippen molar-refractivity contribution in [1.82, 2.24) is 39.9 Å². The second-order valence-corrected chi connectivity index (χ2v) is 25.4. The van der Waals surface area contributed by atoms with Crippen molar-refractivity contribution in [1.29, 1.82) is 0 Å². The summed E-state index contributed by atoms with van der Waals surface area (Å²) < 4.78 is 186. The zero-order valence-corrected chi connectivity index (χ0v) is 53.0. The first-order chi connectivity index (χ1) is 42.9. The summed E-state index contributed by atoms with van der Waals surface area (Å²) in [5.41, 5.74) is 4.68. The van der Waals surface area contributed by atoms with Crippen molar-refractivity contribution < 1.29 is 70.4 Å². The van der Waals surface area contributed by atoms with Crippen LogP contribution in [0.5, 0.6) is 0 Å². The van der Waals surface area contributed by atoms with Crippen molar-refractivity contribution in [2.75, 3.05) is 0 Å². The zero-order chi connectivity index (χ0) is 65.9. The van der Waals surface area contributed by atoms with Gasteiger partial charge in [0, 0.05) is 85.7 Å². The lowest BCUT2D eigenvalue weighted by molar-refractivity contribution is 0.419. The molecule has 0 fully saturated rings. The van der Waals surface area contributed by atoms with E-state index >= 15 is 0 Å². The quantitative estimate of drug-likeness (QED) is 0.119. The van der Waals surface area contributed by atoms with Crippen molar-refractivity contribution >= 4 is 131 Å². The third-order valence-electron chi connectivity index (χ3n) is 13.7. The first-order valence-electron chi connectivity index (χ1n) is 26.9. The summed E-state index contributed by atoms with van der Waals surface area (Å²) >= 11 is 6.95. The van der Waals surface area contributed by atoms with Crippen LogP contribution in [0.2, 0.25) is 0 Å². The fourth-order valence-corrected chi connectivity index (χ4v) is 12.7. The summed E-state index contributed by atoms with van der Waals surface area (Å²) in [7, 11) is 0. The van der Waals surface area contributed by atoms with Gasteiger partial charge in [-0.15, -0.1) is 45.3 Å². The van der Waals surface area contributed by atoms with Gasteiger partial charge >= 0.3 is 0 Å². The van der Waals surface area contributed by atoms with Crippen LogP contribution in [-0.2, 0) is 6.42 Å². The highest BCUT2D eigenvalue weighted by Gasteiger charge is 2.29. The molecule has 470 valence electrons. The minimum atomic E-state index is -1.89. The van der Waals surface area contributed by atoms with Crippen LogP contribution in [0.15, 0.2) is 66.2 Å². The number of hydrogen-bond acceptors (Lipinski definition) is 16. The van der Waals surface area contributed by atoms with E-state index in [4.69, 9.17) is 17.7 Å². The molecule has 7 aromatic carbocycles. The van der Waals surface area contributed by atoms with Gasteiger partial charge in [0.25, 0.3) is 0 Å². The van der Waals surface area contributed by atoms with Gasteiger partial charge in [0.2, 0.25) is 0 Å². The minimum absolute atomic E-state index is 0.629. The van der Waals surface area contributed by atoms with Gasteiger partial charge in [-0.1, -0.05) is 0 Å². The smallest absolute Gasteiger partial charge is 0.192 e. The first-order valence-corrected chi connectivity index (χ1v) is 30.2. The summed E-state index contributed by atoms with van der Waals surface area (Å²) in [6.45, 7) is 18.9. The minimum Gasteiger partial charge on any atom is -0.441 e. The van der Waals surface area contributed by atoms with Crippen LogP contribution in [0.4, 0.5) is 52.7 Å². The lowest BCUT2D eigenvalue weighted by atomic mass is 9.98. The molecule has 0 aliphatic carbocycles. The van der Waals surface area contributed by atoms with Crippen LogP contribution in [-0.4, -0.2) is 39.9 Å². The van der Waals surface area contributed by atoms with Crippen LogP contribution in [0.25, 0.3) is 85.3 Å². The van der Waals surface area contributed by atoms with Gasteiger partial charge in [0.15, 0.2) is 116 Å². The molecule has 91 heavy (non-hydrogen) atoms. The molecule has 15 rings (SSSR count). The molecule has 0 radical (unpaired) electrons. The molecule has 0 amide bonds. The first kappa shape index (κ1) is 65.1. The molecule has 0 N–H and O–H groups in total. The number of hydrogen-bond donors (Lipinski definition) is 0. The van der Waals surface area contributed by atoms with E-state index in [9.17, 15) is 52.7 Å². The number of rotatable bonds is 2. The van der Waals surface area contributed by atoms with E-state index in [1.54, 1.807) is 45.3 Å². The third kappa shape index (κ3) is 13.3. The molecule has 0 atom stereocenters. The molecule has 0 unspecified atom stereocenters. The van der Waals surface area contributed by atoms with Gasteiger partial charge in [-0.2, -0.15) is 0 Å². The maximum absolute atomic E-state index is 13.7. The van der Waals surface area contributed by atoms with Crippen LogP contribution in [0.3, 0.4) is 0 Å². The Labute approximate surface area is 522 Å². The average Bonchev–Trinajstić information content (AvgIpc) is 1.90. The summed E-state index contributed by atoms with van der Waals surface area (Å²) in [5.74, 6) is -17.3. The lowest BCUT2D eigenvalue weighted by Gasteiger charge is -2.13. The SMILES string of the molecule is Cc1c(F)c(F)c(C)c(F)c1F.Cc1c(F)c(F)c(Cc2c(F)c(F)c(C)c(F)c2F)c(F)c1F.Cc1nc2cc3nc(C)oc3cc2o1.Cc1nc2cc3nc(C)sc3cc2s1.Cc1nc2cc3oc(C)nc3cc2o1.Cc1nc2cc3sc(C)nc3cc2s1. The summed E-state index contributed by atoms with van der Waals surface area (Å²) in [6.07, 6.45) is -1.41. The summed E-state index contributed by atoms with van der Waals surface area (Å²) in [4.78, 5) is 34.7. The molecule has 15 aromatic rings. The molecule has 0 aliphatic heterocycles. The van der Waals surface area contributed by atoms with E-state index in [1.165, 1.54) is 18.8 Å². The molecule has 0 aliphatic rings. The molecule has 8 heterocycles. The number of aromatic nitrogens is 8. The van der Waals surface area contributed by atoms with Crippen molar-refractivity contribution in [2.24, 2.45) is 0 Å². The van der Waals surface area contributed by atoms with Gasteiger partial charge in [-0.25, -0.2) is 92.6 Å². The highest BCUT2D eigenvalue weighted by Crippen LogP contribution is 2.34. The van der Waals surface area contributed by atoms with Gasteiger partial charge in [0.1, 0.15) is 22.1 Å². The Morgan fingerprint density at radius 3 is 0.758 bits per heavy atom. The fraction of sp³-hybridized carbons (Fsp3) is 0.206. The largest absolute Gasteiger partial charge is 0.441 e. The number of benzene rings is 7.